The zero-order valence-corrected chi connectivity index (χ0v) is 11.2. The smallest absolute Gasteiger partial charge is 0.408 e. The monoisotopic (exact) mass is 252 g/mol. The Morgan fingerprint density at radius 1 is 1.44 bits per heavy atom. The molecule has 0 aliphatic rings. The number of nitrogens with one attached hydrogen (secondary N) is 1. The van der Waals surface area contributed by atoms with Crippen molar-refractivity contribution in [1.82, 2.24) is 5.32 Å². The van der Waals surface area contributed by atoms with Crippen LogP contribution in [-0.2, 0) is 4.74 Å². The van der Waals surface area contributed by atoms with Crippen molar-refractivity contribution in [1.29, 1.82) is 0 Å². The fourth-order valence-corrected chi connectivity index (χ4v) is 1.48. The van der Waals surface area contributed by atoms with Crippen LogP contribution in [0.5, 0.6) is 5.75 Å². The SMILES string of the molecule is CC(NC(=O)OC(C)(C)C)c1cc(N)ccc1O. The maximum Gasteiger partial charge on any atom is 0.408 e. The number of ether oxygens (including phenoxy) is 1. The number of hydrogen-bond donors (Lipinski definition) is 3. The lowest BCUT2D eigenvalue weighted by molar-refractivity contribution is 0.0507. The minimum Gasteiger partial charge on any atom is -0.508 e. The van der Waals surface area contributed by atoms with E-state index in [1.807, 2.05) is 0 Å². The van der Waals surface area contributed by atoms with E-state index in [0.29, 0.717) is 11.3 Å². The molecule has 0 bridgehead atoms. The average molecular weight is 252 g/mol. The van der Waals surface area contributed by atoms with Crippen LogP contribution in [0.4, 0.5) is 10.5 Å². The summed E-state index contributed by atoms with van der Waals surface area (Å²) in [6, 6.07) is 4.33. The zero-order chi connectivity index (χ0) is 13.9. The van der Waals surface area contributed by atoms with Gasteiger partial charge in [-0.25, -0.2) is 4.79 Å². The van der Waals surface area contributed by atoms with Crippen LogP contribution < -0.4 is 11.1 Å². The third kappa shape index (κ3) is 4.16. The molecule has 0 aromatic heterocycles. The number of aromatic hydroxyl groups is 1. The first-order chi connectivity index (χ1) is 8.19. The molecule has 1 atom stereocenters. The van der Waals surface area contributed by atoms with E-state index < -0.39 is 11.7 Å². The summed E-state index contributed by atoms with van der Waals surface area (Å²) >= 11 is 0. The van der Waals surface area contributed by atoms with Crippen molar-refractivity contribution >= 4 is 11.8 Å². The molecule has 18 heavy (non-hydrogen) atoms. The lowest BCUT2D eigenvalue weighted by Crippen LogP contribution is -2.34. The number of phenolic OH excluding ortho intramolecular Hbond substituents is 1. The predicted octanol–water partition coefficient (Wildman–Crippen LogP) is 2.56. The van der Waals surface area contributed by atoms with Crippen LogP contribution in [0, 0.1) is 0 Å². The molecule has 1 aromatic carbocycles. The van der Waals surface area contributed by atoms with E-state index in [9.17, 15) is 9.90 Å². The summed E-state index contributed by atoms with van der Waals surface area (Å²) in [5, 5.41) is 12.3. The Balaban J connectivity index is 2.73. The number of hydrogen-bond acceptors (Lipinski definition) is 4. The highest BCUT2D eigenvalue weighted by Crippen LogP contribution is 2.26. The van der Waals surface area contributed by atoms with Crippen molar-refractivity contribution in [2.24, 2.45) is 0 Å². The van der Waals surface area contributed by atoms with E-state index in [0.717, 1.165) is 0 Å². The van der Waals surface area contributed by atoms with Gasteiger partial charge < -0.3 is 20.9 Å². The summed E-state index contributed by atoms with van der Waals surface area (Å²) < 4.78 is 5.14. The summed E-state index contributed by atoms with van der Waals surface area (Å²) in [5.74, 6) is 0.0905. The highest BCUT2D eigenvalue weighted by atomic mass is 16.6. The Hall–Kier alpha value is -1.91. The molecule has 0 spiro atoms. The average Bonchev–Trinajstić information content (AvgIpc) is 2.18. The highest BCUT2D eigenvalue weighted by molar-refractivity contribution is 5.68. The first kappa shape index (κ1) is 14.2. The molecule has 0 saturated carbocycles. The maximum absolute atomic E-state index is 11.6. The molecule has 1 amide bonds. The van der Waals surface area contributed by atoms with E-state index in [2.05, 4.69) is 5.32 Å². The van der Waals surface area contributed by atoms with Crippen molar-refractivity contribution in [3.8, 4) is 5.75 Å². The summed E-state index contributed by atoms with van der Waals surface area (Å²) in [7, 11) is 0. The molecular formula is C13H20N2O3. The normalized spacial score (nSPS) is 12.9. The fourth-order valence-electron chi connectivity index (χ4n) is 1.48. The predicted molar refractivity (Wildman–Crippen MR) is 70.3 cm³/mol. The van der Waals surface area contributed by atoms with Crippen molar-refractivity contribution in [3.05, 3.63) is 23.8 Å². The molecule has 4 N–H and O–H groups in total. The molecule has 1 rings (SSSR count). The Labute approximate surface area is 107 Å². The van der Waals surface area contributed by atoms with E-state index >= 15 is 0 Å². The van der Waals surface area contributed by atoms with Crippen LogP contribution in [0.2, 0.25) is 0 Å². The minimum atomic E-state index is -0.554. The molecular weight excluding hydrogens is 232 g/mol. The van der Waals surface area contributed by atoms with Crippen LogP contribution in [-0.4, -0.2) is 16.8 Å². The Morgan fingerprint density at radius 3 is 2.61 bits per heavy atom. The van der Waals surface area contributed by atoms with Crippen LogP contribution in [0.3, 0.4) is 0 Å². The Kier molecular flexibility index (Phi) is 4.06. The van der Waals surface area contributed by atoms with Gasteiger partial charge in [0.1, 0.15) is 11.4 Å². The number of benzene rings is 1. The van der Waals surface area contributed by atoms with Gasteiger partial charge in [-0.15, -0.1) is 0 Å². The molecule has 0 fully saturated rings. The van der Waals surface area contributed by atoms with E-state index in [1.165, 1.54) is 6.07 Å². The molecule has 5 heteroatoms. The molecule has 0 saturated heterocycles. The molecule has 1 unspecified atom stereocenters. The van der Waals surface area contributed by atoms with Gasteiger partial charge in [-0.2, -0.15) is 0 Å². The molecule has 0 heterocycles. The fraction of sp³-hybridized carbons (Fsp3) is 0.462. The standard InChI is InChI=1S/C13H20N2O3/c1-8(15-12(17)18-13(2,3)4)10-7-9(14)5-6-11(10)16/h5-8,16H,14H2,1-4H3,(H,15,17). The summed E-state index contributed by atoms with van der Waals surface area (Å²) in [6.45, 7) is 7.11. The van der Waals surface area contributed by atoms with Gasteiger partial charge in [0.15, 0.2) is 0 Å². The molecule has 100 valence electrons. The topological polar surface area (TPSA) is 84.6 Å². The van der Waals surface area contributed by atoms with Gasteiger partial charge in [-0.3, -0.25) is 0 Å². The molecule has 5 nitrogen and oxygen atoms in total. The third-order valence-corrected chi connectivity index (χ3v) is 2.25. The highest BCUT2D eigenvalue weighted by Gasteiger charge is 2.19. The summed E-state index contributed by atoms with van der Waals surface area (Å²) in [6.07, 6.45) is -0.531. The first-order valence-electron chi connectivity index (χ1n) is 5.77. The number of carbonyl (C=O) groups excluding carboxylic acids is 1. The zero-order valence-electron chi connectivity index (χ0n) is 11.2. The largest absolute Gasteiger partial charge is 0.508 e. The number of rotatable bonds is 2. The first-order valence-corrected chi connectivity index (χ1v) is 5.77. The Bertz CT molecular complexity index is 438. The number of alkyl carbamates (subject to hydrolysis) is 1. The van der Waals surface area contributed by atoms with Crippen molar-refractivity contribution in [2.45, 2.75) is 39.3 Å². The van der Waals surface area contributed by atoms with Gasteiger partial charge >= 0.3 is 6.09 Å². The van der Waals surface area contributed by atoms with Gasteiger partial charge in [-0.1, -0.05) is 0 Å². The van der Waals surface area contributed by atoms with E-state index in [4.69, 9.17) is 10.5 Å². The molecule has 1 aromatic rings. The molecule has 0 aliphatic heterocycles. The van der Waals surface area contributed by atoms with Crippen molar-refractivity contribution < 1.29 is 14.6 Å². The lowest BCUT2D eigenvalue weighted by Gasteiger charge is -2.22. The van der Waals surface area contributed by atoms with E-state index in [-0.39, 0.29) is 11.8 Å². The number of amides is 1. The van der Waals surface area contributed by atoms with Crippen LogP contribution >= 0.6 is 0 Å². The van der Waals surface area contributed by atoms with Crippen LogP contribution in [0.1, 0.15) is 39.3 Å². The van der Waals surface area contributed by atoms with Crippen molar-refractivity contribution in [2.75, 3.05) is 5.73 Å². The third-order valence-electron chi connectivity index (χ3n) is 2.25. The summed E-state index contributed by atoms with van der Waals surface area (Å²) in [4.78, 5) is 11.6. The number of nitrogens with two attached hydrogens (primary N) is 1. The van der Waals surface area contributed by atoms with Gasteiger partial charge in [0.25, 0.3) is 0 Å². The second-order valence-electron chi connectivity index (χ2n) is 5.19. The minimum absolute atomic E-state index is 0.0905. The van der Waals surface area contributed by atoms with E-state index in [1.54, 1.807) is 39.8 Å². The van der Waals surface area contributed by atoms with Crippen LogP contribution in [0.25, 0.3) is 0 Å². The second kappa shape index (κ2) is 5.16. The second-order valence-corrected chi connectivity index (χ2v) is 5.19. The molecule has 0 aliphatic carbocycles. The number of carbonyl (C=O) groups is 1. The van der Waals surface area contributed by atoms with Gasteiger partial charge in [0.05, 0.1) is 6.04 Å². The lowest BCUT2D eigenvalue weighted by atomic mass is 10.1. The summed E-state index contributed by atoms with van der Waals surface area (Å²) in [5.41, 5.74) is 6.17. The number of phenols is 1. The van der Waals surface area contributed by atoms with Gasteiger partial charge in [-0.05, 0) is 45.9 Å². The maximum atomic E-state index is 11.6. The molecule has 0 radical (unpaired) electrons. The van der Waals surface area contributed by atoms with Crippen molar-refractivity contribution in [3.63, 3.8) is 0 Å². The van der Waals surface area contributed by atoms with Crippen LogP contribution in [0.15, 0.2) is 18.2 Å². The Morgan fingerprint density at radius 2 is 2.06 bits per heavy atom. The number of nitrogen functional groups attached to an aromatic ring is 1. The van der Waals surface area contributed by atoms with Gasteiger partial charge in [0, 0.05) is 11.3 Å². The number of anilines is 1. The quantitative estimate of drug-likeness (QED) is 0.558. The van der Waals surface area contributed by atoms with Gasteiger partial charge in [0.2, 0.25) is 0 Å².